The molecule has 0 spiro atoms. The molecule has 98 valence electrons. The Hall–Kier alpha value is -1.39. The second-order valence-electron chi connectivity index (χ2n) is 4.85. The molecule has 1 aliphatic heterocycles. The maximum atomic E-state index is 12.0. The monoisotopic (exact) mass is 247 g/mol. The average molecular weight is 247 g/mol. The van der Waals surface area contributed by atoms with Gasteiger partial charge in [0, 0.05) is 31.7 Å². The van der Waals surface area contributed by atoms with Crippen LogP contribution >= 0.6 is 0 Å². The first-order chi connectivity index (χ1) is 8.66. The topological polar surface area (TPSA) is 35.6 Å². The zero-order chi connectivity index (χ0) is 13.0. The minimum Gasteiger partial charge on any atom is -0.337 e. The molecule has 0 aliphatic carbocycles. The van der Waals surface area contributed by atoms with E-state index in [9.17, 15) is 4.79 Å². The highest BCUT2D eigenvalue weighted by Crippen LogP contribution is 2.04. The molecule has 1 amide bonds. The standard InChI is InChI=1S/C14H21N3O/c1-12(17-10-8-16(2)9-11-17)15-14(18)13-6-4-3-5-7-13/h3-7,12H,8-11H2,1-2H3,(H,15,18). The lowest BCUT2D eigenvalue weighted by Gasteiger charge is -2.36. The molecule has 18 heavy (non-hydrogen) atoms. The Balaban J connectivity index is 1.87. The second-order valence-corrected chi connectivity index (χ2v) is 4.85. The van der Waals surface area contributed by atoms with E-state index in [0.717, 1.165) is 31.7 Å². The average Bonchev–Trinajstić information content (AvgIpc) is 2.40. The van der Waals surface area contributed by atoms with Crippen LogP contribution in [0, 0.1) is 0 Å². The summed E-state index contributed by atoms with van der Waals surface area (Å²) in [7, 11) is 2.13. The van der Waals surface area contributed by atoms with E-state index in [2.05, 4.69) is 22.2 Å². The number of benzene rings is 1. The molecule has 1 atom stereocenters. The van der Waals surface area contributed by atoms with Gasteiger partial charge in [0.2, 0.25) is 0 Å². The number of piperazine rings is 1. The summed E-state index contributed by atoms with van der Waals surface area (Å²) in [6, 6.07) is 9.36. The molecule has 1 aliphatic rings. The van der Waals surface area contributed by atoms with Gasteiger partial charge in [0.1, 0.15) is 0 Å². The minimum atomic E-state index is 0.00188. The summed E-state index contributed by atoms with van der Waals surface area (Å²) in [6.45, 7) is 6.18. The Morgan fingerprint density at radius 3 is 2.39 bits per heavy atom. The molecule has 4 heteroatoms. The van der Waals surface area contributed by atoms with Gasteiger partial charge < -0.3 is 10.2 Å². The van der Waals surface area contributed by atoms with E-state index in [4.69, 9.17) is 0 Å². The molecule has 4 nitrogen and oxygen atoms in total. The van der Waals surface area contributed by atoms with Crippen LogP contribution in [-0.4, -0.2) is 55.1 Å². The fourth-order valence-electron chi connectivity index (χ4n) is 2.16. The van der Waals surface area contributed by atoms with E-state index in [-0.39, 0.29) is 12.1 Å². The Bertz CT molecular complexity index is 385. The van der Waals surface area contributed by atoms with E-state index in [1.54, 1.807) is 0 Å². The summed E-state index contributed by atoms with van der Waals surface area (Å²) in [5, 5.41) is 3.05. The minimum absolute atomic E-state index is 0.00188. The highest BCUT2D eigenvalue weighted by Gasteiger charge is 2.20. The van der Waals surface area contributed by atoms with Crippen molar-refractivity contribution < 1.29 is 4.79 Å². The lowest BCUT2D eigenvalue weighted by molar-refractivity contribution is 0.0763. The van der Waals surface area contributed by atoms with Crippen molar-refractivity contribution in [2.75, 3.05) is 33.2 Å². The molecular weight excluding hydrogens is 226 g/mol. The van der Waals surface area contributed by atoms with Crippen molar-refractivity contribution in [2.24, 2.45) is 0 Å². The maximum absolute atomic E-state index is 12.0. The zero-order valence-electron chi connectivity index (χ0n) is 11.1. The second kappa shape index (κ2) is 5.98. The van der Waals surface area contributed by atoms with Crippen molar-refractivity contribution in [1.82, 2.24) is 15.1 Å². The molecular formula is C14H21N3O. The van der Waals surface area contributed by atoms with Gasteiger partial charge in [-0.3, -0.25) is 9.69 Å². The number of nitrogens with zero attached hydrogens (tertiary/aromatic N) is 2. The van der Waals surface area contributed by atoms with Crippen molar-refractivity contribution in [2.45, 2.75) is 13.1 Å². The van der Waals surface area contributed by atoms with Crippen LogP contribution in [0.25, 0.3) is 0 Å². The Kier molecular flexibility index (Phi) is 4.33. The number of hydrogen-bond donors (Lipinski definition) is 1. The van der Waals surface area contributed by atoms with Gasteiger partial charge in [-0.15, -0.1) is 0 Å². The van der Waals surface area contributed by atoms with Gasteiger partial charge in [0.25, 0.3) is 5.91 Å². The van der Waals surface area contributed by atoms with Gasteiger partial charge in [-0.25, -0.2) is 0 Å². The van der Waals surface area contributed by atoms with Gasteiger partial charge in [-0.2, -0.15) is 0 Å². The first kappa shape index (κ1) is 13.1. The molecule has 0 radical (unpaired) electrons. The number of likely N-dealkylation sites (N-methyl/N-ethyl adjacent to an activating group) is 1. The van der Waals surface area contributed by atoms with E-state index < -0.39 is 0 Å². The fourth-order valence-corrected chi connectivity index (χ4v) is 2.16. The number of hydrogen-bond acceptors (Lipinski definition) is 3. The van der Waals surface area contributed by atoms with Crippen molar-refractivity contribution in [1.29, 1.82) is 0 Å². The smallest absolute Gasteiger partial charge is 0.252 e. The Morgan fingerprint density at radius 1 is 1.17 bits per heavy atom. The van der Waals surface area contributed by atoms with Gasteiger partial charge in [0.05, 0.1) is 6.17 Å². The summed E-state index contributed by atoms with van der Waals surface area (Å²) in [6.07, 6.45) is 0.0893. The third-order valence-corrected chi connectivity index (χ3v) is 3.46. The molecule has 1 heterocycles. The number of amides is 1. The van der Waals surface area contributed by atoms with Crippen LogP contribution in [0.3, 0.4) is 0 Å². The van der Waals surface area contributed by atoms with Crippen LogP contribution in [0.4, 0.5) is 0 Å². The van der Waals surface area contributed by atoms with Gasteiger partial charge in [-0.05, 0) is 26.1 Å². The number of carbonyl (C=O) groups excluding carboxylic acids is 1. The van der Waals surface area contributed by atoms with Crippen LogP contribution in [0.1, 0.15) is 17.3 Å². The van der Waals surface area contributed by atoms with Crippen LogP contribution in [0.2, 0.25) is 0 Å². The summed E-state index contributed by atoms with van der Waals surface area (Å²) >= 11 is 0. The lowest BCUT2D eigenvalue weighted by Crippen LogP contribution is -2.53. The molecule has 1 aromatic rings. The van der Waals surface area contributed by atoms with Crippen LogP contribution < -0.4 is 5.32 Å². The predicted molar refractivity (Wildman–Crippen MR) is 72.4 cm³/mol. The molecule has 2 rings (SSSR count). The van der Waals surface area contributed by atoms with Gasteiger partial charge in [0.15, 0.2) is 0 Å². The van der Waals surface area contributed by atoms with Crippen molar-refractivity contribution in [3.8, 4) is 0 Å². The molecule has 0 aromatic heterocycles. The molecule has 0 saturated carbocycles. The first-order valence-electron chi connectivity index (χ1n) is 6.45. The molecule has 1 saturated heterocycles. The maximum Gasteiger partial charge on any atom is 0.252 e. The van der Waals surface area contributed by atoms with E-state index in [1.165, 1.54) is 0 Å². The third kappa shape index (κ3) is 3.31. The highest BCUT2D eigenvalue weighted by molar-refractivity contribution is 5.94. The Morgan fingerprint density at radius 2 is 1.78 bits per heavy atom. The van der Waals surface area contributed by atoms with Crippen LogP contribution in [-0.2, 0) is 0 Å². The molecule has 0 bridgehead atoms. The van der Waals surface area contributed by atoms with Crippen molar-refractivity contribution >= 4 is 5.91 Å². The van der Waals surface area contributed by atoms with Crippen molar-refractivity contribution in [3.63, 3.8) is 0 Å². The largest absolute Gasteiger partial charge is 0.337 e. The summed E-state index contributed by atoms with van der Waals surface area (Å²) in [4.78, 5) is 16.6. The van der Waals surface area contributed by atoms with E-state index >= 15 is 0 Å². The predicted octanol–water partition coefficient (Wildman–Crippen LogP) is 1.01. The van der Waals surface area contributed by atoms with Gasteiger partial charge >= 0.3 is 0 Å². The Labute approximate surface area is 109 Å². The van der Waals surface area contributed by atoms with Crippen LogP contribution in [0.5, 0.6) is 0 Å². The highest BCUT2D eigenvalue weighted by atomic mass is 16.1. The molecule has 1 aromatic carbocycles. The summed E-state index contributed by atoms with van der Waals surface area (Å²) < 4.78 is 0. The summed E-state index contributed by atoms with van der Waals surface area (Å²) in [5.74, 6) is 0.00188. The van der Waals surface area contributed by atoms with E-state index in [1.807, 2.05) is 37.3 Å². The van der Waals surface area contributed by atoms with E-state index in [0.29, 0.717) is 0 Å². The molecule has 1 fully saturated rings. The van der Waals surface area contributed by atoms with Crippen LogP contribution in [0.15, 0.2) is 30.3 Å². The fraction of sp³-hybridized carbons (Fsp3) is 0.500. The SMILES string of the molecule is CC(NC(=O)c1ccccc1)N1CCN(C)CC1. The third-order valence-electron chi connectivity index (χ3n) is 3.46. The normalized spacial score (nSPS) is 19.4. The summed E-state index contributed by atoms with van der Waals surface area (Å²) in [5.41, 5.74) is 0.721. The zero-order valence-corrected chi connectivity index (χ0v) is 11.1. The molecule has 1 unspecified atom stereocenters. The number of nitrogens with one attached hydrogen (secondary N) is 1. The number of rotatable bonds is 3. The molecule has 1 N–H and O–H groups in total. The van der Waals surface area contributed by atoms with Crippen molar-refractivity contribution in [3.05, 3.63) is 35.9 Å². The lowest BCUT2D eigenvalue weighted by atomic mass is 10.2. The number of carbonyl (C=O) groups is 1. The van der Waals surface area contributed by atoms with Gasteiger partial charge in [-0.1, -0.05) is 18.2 Å². The first-order valence-corrected chi connectivity index (χ1v) is 6.45. The quantitative estimate of drug-likeness (QED) is 0.866.